The summed E-state index contributed by atoms with van der Waals surface area (Å²) in [5.41, 5.74) is 2.65. The van der Waals surface area contributed by atoms with E-state index in [1.807, 2.05) is 0 Å². The molecule has 314 valence electrons. The van der Waals surface area contributed by atoms with Crippen LogP contribution >= 0.6 is 0 Å². The highest BCUT2D eigenvalue weighted by atomic mass is 16.5. The summed E-state index contributed by atoms with van der Waals surface area (Å²) in [4.78, 5) is 71.8. The van der Waals surface area contributed by atoms with E-state index >= 15 is 0 Å². The molecule has 0 heterocycles. The summed E-state index contributed by atoms with van der Waals surface area (Å²) < 4.78 is 32.5. The molecule has 0 fully saturated rings. The van der Waals surface area contributed by atoms with E-state index in [4.69, 9.17) is 28.4 Å². The molecule has 0 N–H and O–H groups in total. The van der Waals surface area contributed by atoms with Gasteiger partial charge in [0.25, 0.3) is 0 Å². The number of aldehydes is 2. The van der Waals surface area contributed by atoms with Crippen LogP contribution in [0.1, 0.15) is 104 Å². The molecule has 0 aliphatic heterocycles. The normalized spacial score (nSPS) is 10.5. The molecule has 0 unspecified atom stereocenters. The van der Waals surface area contributed by atoms with Crippen LogP contribution in [-0.2, 0) is 31.9 Å². The highest BCUT2D eigenvalue weighted by Gasteiger charge is 2.15. The molecular weight excluding hydrogens is 769 g/mol. The Morgan fingerprint density at radius 2 is 0.833 bits per heavy atom. The fourth-order valence-corrected chi connectivity index (χ4v) is 5.82. The van der Waals surface area contributed by atoms with Crippen LogP contribution in [0.25, 0.3) is 0 Å². The topological polar surface area (TPSA) is 158 Å². The van der Waals surface area contributed by atoms with Crippen molar-refractivity contribution in [3.05, 3.63) is 144 Å². The highest BCUT2D eigenvalue weighted by Crippen LogP contribution is 2.25. The molecule has 0 aromatic heterocycles. The van der Waals surface area contributed by atoms with Gasteiger partial charge in [-0.2, -0.15) is 0 Å². The fourth-order valence-electron chi connectivity index (χ4n) is 5.82. The van der Waals surface area contributed by atoms with Gasteiger partial charge < -0.3 is 28.4 Å². The fraction of sp³-hybridized carbons (Fsp3) is 0.292. The maximum Gasteiger partial charge on any atom is 0.343 e. The van der Waals surface area contributed by atoms with Crippen molar-refractivity contribution in [2.75, 3.05) is 26.4 Å². The molecule has 0 atom stereocenters. The first-order valence-corrected chi connectivity index (χ1v) is 19.9. The number of hydrogen-bond donors (Lipinski definition) is 0. The van der Waals surface area contributed by atoms with Crippen molar-refractivity contribution >= 4 is 36.4 Å². The molecule has 0 saturated heterocycles. The maximum absolute atomic E-state index is 12.9. The van der Waals surface area contributed by atoms with Crippen molar-refractivity contribution in [2.45, 2.75) is 64.2 Å². The zero-order valence-corrected chi connectivity index (χ0v) is 33.6. The minimum atomic E-state index is -0.621. The summed E-state index contributed by atoms with van der Waals surface area (Å²) in [7, 11) is 0. The number of benzene rings is 4. The molecule has 4 aromatic rings. The monoisotopic (exact) mass is 818 g/mol. The quantitative estimate of drug-likeness (QED) is 0.0185. The highest BCUT2D eigenvalue weighted by molar-refractivity contribution is 5.93. The number of rotatable bonds is 27. The van der Waals surface area contributed by atoms with E-state index in [-0.39, 0.29) is 22.6 Å². The predicted octanol–water partition coefficient (Wildman–Crippen LogP) is 8.87. The number of esters is 4. The standard InChI is InChI=1S/C48H50O12/c1-3-45(51)57-29-11-7-5-9-27-55-41-21-17-37(18-22-41)47(53)59-43-25-15-35(31-39(43)33-49)13-14-36-16-26-44(40(32-36)34-50)60-48(54)38-19-23-42(24-20-38)56-28-10-6-8-12-30-58-46(52)4-2/h3-4,15-26,31-34H,1-2,5-14,27-30H2. The van der Waals surface area contributed by atoms with Crippen LogP contribution in [-0.4, -0.2) is 62.9 Å². The number of carbonyl (C=O) groups is 6. The first-order valence-electron chi connectivity index (χ1n) is 19.9. The average molecular weight is 819 g/mol. The van der Waals surface area contributed by atoms with E-state index in [9.17, 15) is 28.8 Å². The summed E-state index contributed by atoms with van der Waals surface area (Å²) in [6.07, 6.45) is 11.4. The second-order valence-electron chi connectivity index (χ2n) is 13.6. The lowest BCUT2D eigenvalue weighted by atomic mass is 10.0. The Kier molecular flexibility index (Phi) is 19.5. The van der Waals surface area contributed by atoms with E-state index in [1.54, 1.807) is 84.9 Å². The maximum atomic E-state index is 12.9. The molecule has 60 heavy (non-hydrogen) atoms. The number of aryl methyl sites for hydroxylation is 2. The van der Waals surface area contributed by atoms with Gasteiger partial charge in [0.2, 0.25) is 0 Å². The number of unbranched alkanes of at least 4 members (excludes halogenated alkanes) is 6. The summed E-state index contributed by atoms with van der Waals surface area (Å²) in [5, 5.41) is 0. The van der Waals surface area contributed by atoms with Crippen molar-refractivity contribution in [2.24, 2.45) is 0 Å². The van der Waals surface area contributed by atoms with Crippen molar-refractivity contribution < 1.29 is 57.2 Å². The van der Waals surface area contributed by atoms with Crippen LogP contribution < -0.4 is 18.9 Å². The molecule has 12 nitrogen and oxygen atoms in total. The van der Waals surface area contributed by atoms with Gasteiger partial charge in [-0.15, -0.1) is 0 Å². The third-order valence-electron chi connectivity index (χ3n) is 9.13. The van der Waals surface area contributed by atoms with Crippen LogP contribution in [0.15, 0.2) is 110 Å². The Morgan fingerprint density at radius 3 is 1.18 bits per heavy atom. The number of carbonyl (C=O) groups excluding carboxylic acids is 6. The van der Waals surface area contributed by atoms with Crippen LogP contribution in [0.5, 0.6) is 23.0 Å². The van der Waals surface area contributed by atoms with Gasteiger partial charge in [-0.3, -0.25) is 9.59 Å². The minimum absolute atomic E-state index is 0.129. The van der Waals surface area contributed by atoms with Crippen molar-refractivity contribution in [1.82, 2.24) is 0 Å². The Bertz CT molecular complexity index is 1920. The average Bonchev–Trinajstić information content (AvgIpc) is 3.28. The summed E-state index contributed by atoms with van der Waals surface area (Å²) in [5.74, 6) is -0.610. The lowest BCUT2D eigenvalue weighted by Gasteiger charge is -2.11. The molecular formula is C48H50O12. The predicted molar refractivity (Wildman–Crippen MR) is 224 cm³/mol. The summed E-state index contributed by atoms with van der Waals surface area (Å²) in [6.45, 7) is 8.46. The van der Waals surface area contributed by atoms with Gasteiger partial charge in [-0.1, -0.05) is 25.3 Å². The molecule has 0 amide bonds. The smallest absolute Gasteiger partial charge is 0.343 e. The van der Waals surface area contributed by atoms with E-state index in [1.165, 1.54) is 0 Å². The van der Waals surface area contributed by atoms with E-state index in [2.05, 4.69) is 13.2 Å². The van der Waals surface area contributed by atoms with Crippen LogP contribution in [0.4, 0.5) is 0 Å². The largest absolute Gasteiger partial charge is 0.494 e. The number of hydrogen-bond acceptors (Lipinski definition) is 12. The van der Waals surface area contributed by atoms with Gasteiger partial charge in [-0.25, -0.2) is 19.2 Å². The van der Waals surface area contributed by atoms with E-state index in [0.717, 1.165) is 74.6 Å². The van der Waals surface area contributed by atoms with Crippen LogP contribution in [0, 0.1) is 0 Å². The van der Waals surface area contributed by atoms with Gasteiger partial charge >= 0.3 is 23.9 Å². The van der Waals surface area contributed by atoms with Gasteiger partial charge in [0.15, 0.2) is 12.6 Å². The van der Waals surface area contributed by atoms with Gasteiger partial charge in [0.05, 0.1) is 48.7 Å². The third-order valence-corrected chi connectivity index (χ3v) is 9.13. The molecule has 0 aliphatic carbocycles. The molecule has 0 bridgehead atoms. The Labute approximate surface area is 350 Å². The second kappa shape index (κ2) is 25.5. The van der Waals surface area contributed by atoms with Gasteiger partial charge in [-0.05, 0) is 148 Å². The summed E-state index contributed by atoms with van der Waals surface area (Å²) >= 11 is 0. The van der Waals surface area contributed by atoms with E-state index in [0.29, 0.717) is 74.5 Å². The zero-order valence-electron chi connectivity index (χ0n) is 33.6. The van der Waals surface area contributed by atoms with Crippen molar-refractivity contribution in [3.63, 3.8) is 0 Å². The molecule has 0 aliphatic rings. The molecule has 12 heteroatoms. The van der Waals surface area contributed by atoms with Crippen LogP contribution in [0.3, 0.4) is 0 Å². The first-order chi connectivity index (χ1) is 29.2. The molecule has 4 rings (SSSR count). The van der Waals surface area contributed by atoms with Gasteiger partial charge in [0, 0.05) is 12.2 Å². The molecule has 0 saturated carbocycles. The van der Waals surface area contributed by atoms with Crippen molar-refractivity contribution in [1.29, 1.82) is 0 Å². The SMILES string of the molecule is C=CC(=O)OCCCCCCOc1ccc(C(=O)Oc2ccc(CCc3ccc(OC(=O)c4ccc(OCCCCCCOC(=O)C=C)cc4)c(C=O)c3)cc2C=O)cc1. The first kappa shape index (κ1) is 45.9. The number of ether oxygens (including phenoxy) is 6. The Hall–Kier alpha value is -6.82. The van der Waals surface area contributed by atoms with E-state index < -0.39 is 23.9 Å². The second-order valence-corrected chi connectivity index (χ2v) is 13.6. The molecule has 0 radical (unpaired) electrons. The Morgan fingerprint density at radius 1 is 0.467 bits per heavy atom. The Balaban J connectivity index is 1.19. The van der Waals surface area contributed by atoms with Crippen molar-refractivity contribution in [3.8, 4) is 23.0 Å². The van der Waals surface area contributed by atoms with Gasteiger partial charge in [0.1, 0.15) is 23.0 Å². The van der Waals surface area contributed by atoms with Crippen LogP contribution in [0.2, 0.25) is 0 Å². The lowest BCUT2D eigenvalue weighted by Crippen LogP contribution is -2.10. The third kappa shape index (κ3) is 15.8. The molecule has 0 spiro atoms. The lowest BCUT2D eigenvalue weighted by molar-refractivity contribution is -0.138. The minimum Gasteiger partial charge on any atom is -0.494 e. The zero-order chi connectivity index (χ0) is 43.0. The summed E-state index contributed by atoms with van der Waals surface area (Å²) in [6, 6.07) is 23.1. The molecule has 4 aromatic carbocycles.